The Hall–Kier alpha value is -1.24. The van der Waals surface area contributed by atoms with Crippen LogP contribution in [0.2, 0.25) is 0 Å². The molecule has 0 saturated carbocycles. The molecule has 2 N–H and O–H groups in total. The molecular weight excluding hydrogens is 267 g/mol. The number of rotatable bonds is 3. The first kappa shape index (κ1) is 14.2. The van der Waals surface area contributed by atoms with Crippen LogP contribution in [-0.2, 0) is 16.6 Å². The second-order valence-corrected chi connectivity index (χ2v) is 6.55. The number of halogens is 1. The normalized spacial score (nSPS) is 17.3. The Kier molecular flexibility index (Phi) is 4.03. The van der Waals surface area contributed by atoms with Crippen molar-refractivity contribution in [1.82, 2.24) is 4.31 Å². The predicted octanol–water partition coefficient (Wildman–Crippen LogP) is 1.63. The minimum absolute atomic E-state index is 0.182. The van der Waals surface area contributed by atoms with Gasteiger partial charge in [0.2, 0.25) is 10.0 Å². The van der Waals surface area contributed by atoms with E-state index in [0.717, 1.165) is 11.6 Å². The van der Waals surface area contributed by atoms with E-state index in [1.54, 1.807) is 0 Å². The minimum Gasteiger partial charge on any atom is -0.326 e. The summed E-state index contributed by atoms with van der Waals surface area (Å²) in [7, 11) is -3.80. The van der Waals surface area contributed by atoms with E-state index in [1.807, 2.05) is 13.0 Å². The number of sulfonamides is 1. The number of benzene rings is 1. The van der Waals surface area contributed by atoms with Crippen LogP contribution < -0.4 is 5.73 Å². The average molecular weight is 284 g/mol. The summed E-state index contributed by atoms with van der Waals surface area (Å²) in [6.45, 7) is 2.75. The molecule has 1 aromatic carbocycles. The van der Waals surface area contributed by atoms with Gasteiger partial charge < -0.3 is 5.73 Å². The van der Waals surface area contributed by atoms with Crippen molar-refractivity contribution < 1.29 is 12.8 Å². The summed E-state index contributed by atoms with van der Waals surface area (Å²) in [6.07, 6.45) is 2.65. The summed E-state index contributed by atoms with van der Waals surface area (Å²) in [5.41, 5.74) is 7.05. The van der Waals surface area contributed by atoms with Gasteiger partial charge in [-0.1, -0.05) is 17.7 Å². The molecule has 1 aliphatic rings. The van der Waals surface area contributed by atoms with Gasteiger partial charge in [-0.2, -0.15) is 4.31 Å². The topological polar surface area (TPSA) is 63.4 Å². The molecule has 6 heteroatoms. The Morgan fingerprint density at radius 2 is 2.16 bits per heavy atom. The Bertz CT molecular complexity index is 611. The molecule has 1 aromatic rings. The van der Waals surface area contributed by atoms with E-state index in [4.69, 9.17) is 5.73 Å². The lowest BCUT2D eigenvalue weighted by atomic mass is 10.2. The predicted molar refractivity (Wildman–Crippen MR) is 71.4 cm³/mol. The van der Waals surface area contributed by atoms with Crippen LogP contribution in [-0.4, -0.2) is 25.8 Å². The first-order chi connectivity index (χ1) is 8.95. The van der Waals surface area contributed by atoms with E-state index in [0.29, 0.717) is 25.1 Å². The van der Waals surface area contributed by atoms with Gasteiger partial charge >= 0.3 is 0 Å². The molecule has 0 atom stereocenters. The maximum Gasteiger partial charge on any atom is 0.246 e. The van der Waals surface area contributed by atoms with Crippen LogP contribution in [0.4, 0.5) is 4.39 Å². The summed E-state index contributed by atoms with van der Waals surface area (Å²) >= 11 is 0. The van der Waals surface area contributed by atoms with Gasteiger partial charge in [0.1, 0.15) is 10.7 Å². The standard InChI is InChI=1S/C13H17FN2O2S/c1-10-3-2-6-16(9-10)19(17,18)13-7-11(8-15)4-5-12(13)14/h3-5,7H,2,6,8-9,15H2,1H3. The minimum atomic E-state index is -3.80. The lowest BCUT2D eigenvalue weighted by molar-refractivity contribution is 0.423. The summed E-state index contributed by atoms with van der Waals surface area (Å²) in [6, 6.07) is 3.97. The summed E-state index contributed by atoms with van der Waals surface area (Å²) in [4.78, 5) is -0.287. The second-order valence-electron chi connectivity index (χ2n) is 4.65. The highest BCUT2D eigenvalue weighted by molar-refractivity contribution is 7.89. The van der Waals surface area contributed by atoms with Crippen molar-refractivity contribution in [2.45, 2.75) is 24.8 Å². The SMILES string of the molecule is CC1=CCCN(S(=O)(=O)c2cc(CN)ccc2F)C1. The highest BCUT2D eigenvalue weighted by Gasteiger charge is 2.28. The van der Waals surface area contributed by atoms with E-state index in [2.05, 4.69) is 0 Å². The Labute approximate surface area is 112 Å². The molecule has 0 aromatic heterocycles. The molecule has 0 fully saturated rings. The van der Waals surface area contributed by atoms with E-state index in [1.165, 1.54) is 16.4 Å². The average Bonchev–Trinajstić information content (AvgIpc) is 2.39. The fourth-order valence-electron chi connectivity index (χ4n) is 2.09. The van der Waals surface area contributed by atoms with Crippen molar-refractivity contribution in [2.24, 2.45) is 5.73 Å². The van der Waals surface area contributed by atoms with Gasteiger partial charge in [-0.05, 0) is 31.0 Å². The molecular formula is C13H17FN2O2S. The quantitative estimate of drug-likeness (QED) is 0.858. The van der Waals surface area contributed by atoms with Crippen molar-refractivity contribution in [3.05, 3.63) is 41.2 Å². The largest absolute Gasteiger partial charge is 0.326 e. The third-order valence-electron chi connectivity index (χ3n) is 3.15. The number of nitrogens with two attached hydrogens (primary N) is 1. The van der Waals surface area contributed by atoms with E-state index in [-0.39, 0.29) is 11.4 Å². The van der Waals surface area contributed by atoms with Gasteiger partial charge in [-0.3, -0.25) is 0 Å². The van der Waals surface area contributed by atoms with Crippen LogP contribution in [0, 0.1) is 5.82 Å². The first-order valence-corrected chi connectivity index (χ1v) is 7.53. The van der Waals surface area contributed by atoms with Gasteiger partial charge in [-0.25, -0.2) is 12.8 Å². The maximum absolute atomic E-state index is 13.8. The molecule has 0 spiro atoms. The monoisotopic (exact) mass is 284 g/mol. The van der Waals surface area contributed by atoms with E-state index < -0.39 is 15.8 Å². The third-order valence-corrected chi connectivity index (χ3v) is 5.01. The van der Waals surface area contributed by atoms with Crippen molar-refractivity contribution in [3.63, 3.8) is 0 Å². The lowest BCUT2D eigenvalue weighted by Gasteiger charge is -2.25. The van der Waals surface area contributed by atoms with Crippen LogP contribution in [0.1, 0.15) is 18.9 Å². The van der Waals surface area contributed by atoms with Gasteiger partial charge in [0.05, 0.1) is 0 Å². The van der Waals surface area contributed by atoms with Crippen molar-refractivity contribution >= 4 is 10.0 Å². The second kappa shape index (κ2) is 5.40. The number of hydrogen-bond acceptors (Lipinski definition) is 3. The molecule has 104 valence electrons. The van der Waals surface area contributed by atoms with Crippen molar-refractivity contribution in [1.29, 1.82) is 0 Å². The molecule has 1 heterocycles. The van der Waals surface area contributed by atoms with Crippen LogP contribution in [0.3, 0.4) is 0 Å². The van der Waals surface area contributed by atoms with E-state index >= 15 is 0 Å². The molecule has 0 radical (unpaired) electrons. The summed E-state index contributed by atoms with van der Waals surface area (Å²) in [5, 5.41) is 0. The Morgan fingerprint density at radius 1 is 1.42 bits per heavy atom. The van der Waals surface area contributed by atoms with Gasteiger partial charge in [0, 0.05) is 19.6 Å². The van der Waals surface area contributed by atoms with Crippen LogP contribution >= 0.6 is 0 Å². The Morgan fingerprint density at radius 3 is 2.79 bits per heavy atom. The Balaban J connectivity index is 2.42. The zero-order valence-electron chi connectivity index (χ0n) is 10.8. The lowest BCUT2D eigenvalue weighted by Crippen LogP contribution is -2.35. The zero-order valence-corrected chi connectivity index (χ0v) is 11.6. The maximum atomic E-state index is 13.8. The van der Waals surface area contributed by atoms with Crippen molar-refractivity contribution in [3.8, 4) is 0 Å². The molecule has 0 unspecified atom stereocenters. The molecule has 4 nitrogen and oxygen atoms in total. The molecule has 1 aliphatic heterocycles. The first-order valence-electron chi connectivity index (χ1n) is 6.09. The van der Waals surface area contributed by atoms with Crippen molar-refractivity contribution in [2.75, 3.05) is 13.1 Å². The van der Waals surface area contributed by atoms with Crippen LogP contribution in [0.5, 0.6) is 0 Å². The fraction of sp³-hybridized carbons (Fsp3) is 0.385. The van der Waals surface area contributed by atoms with E-state index in [9.17, 15) is 12.8 Å². The van der Waals surface area contributed by atoms with Crippen LogP contribution in [0.25, 0.3) is 0 Å². The number of nitrogens with zero attached hydrogens (tertiary/aromatic N) is 1. The number of hydrogen-bond donors (Lipinski definition) is 1. The highest BCUT2D eigenvalue weighted by atomic mass is 32.2. The third kappa shape index (κ3) is 2.86. The van der Waals surface area contributed by atoms with Gasteiger partial charge in [0.25, 0.3) is 0 Å². The summed E-state index contributed by atoms with van der Waals surface area (Å²) in [5.74, 6) is -0.732. The van der Waals surface area contributed by atoms with Gasteiger partial charge in [-0.15, -0.1) is 0 Å². The molecule has 0 amide bonds. The van der Waals surface area contributed by atoms with Gasteiger partial charge in [0.15, 0.2) is 0 Å². The fourth-order valence-corrected chi connectivity index (χ4v) is 3.71. The molecule has 0 aliphatic carbocycles. The zero-order chi connectivity index (χ0) is 14.0. The highest BCUT2D eigenvalue weighted by Crippen LogP contribution is 2.23. The molecule has 2 rings (SSSR count). The molecule has 0 saturated heterocycles. The summed E-state index contributed by atoms with van der Waals surface area (Å²) < 4.78 is 40.0. The smallest absolute Gasteiger partial charge is 0.246 e. The molecule has 0 bridgehead atoms. The molecule has 19 heavy (non-hydrogen) atoms. The van der Waals surface area contributed by atoms with Crippen LogP contribution in [0.15, 0.2) is 34.7 Å².